The highest BCUT2D eigenvalue weighted by molar-refractivity contribution is 7.83. The van der Waals surface area contributed by atoms with Crippen LogP contribution in [0.1, 0.15) is 0 Å². The molecule has 0 amide bonds. The van der Waals surface area contributed by atoms with Crippen molar-refractivity contribution in [2.45, 2.75) is 9.79 Å². The third-order valence-corrected chi connectivity index (χ3v) is 2.23. The zero-order valence-electron chi connectivity index (χ0n) is 5.41. The van der Waals surface area contributed by atoms with Crippen molar-refractivity contribution < 1.29 is 17.6 Å². The summed E-state index contributed by atoms with van der Waals surface area (Å²) in [6.45, 7) is 0. The van der Waals surface area contributed by atoms with Gasteiger partial charge in [0, 0.05) is 0 Å². The van der Waals surface area contributed by atoms with Crippen LogP contribution in [0.25, 0.3) is 0 Å². The number of rotatable bonds is 0. The molecule has 1 aromatic rings. The van der Waals surface area contributed by atoms with E-state index < -0.39 is 33.1 Å². The van der Waals surface area contributed by atoms with Gasteiger partial charge in [0.25, 0.3) is 0 Å². The van der Waals surface area contributed by atoms with Gasteiger partial charge in [-0.3, -0.25) is 0 Å². The molecule has 0 aliphatic heterocycles. The van der Waals surface area contributed by atoms with Crippen LogP contribution < -0.4 is 0 Å². The first-order chi connectivity index (χ1) is 5.46. The van der Waals surface area contributed by atoms with Crippen LogP contribution in [-0.2, 0) is 0 Å². The van der Waals surface area contributed by atoms with Crippen LogP contribution in [0.5, 0.6) is 0 Å². The van der Waals surface area contributed by atoms with Gasteiger partial charge in [-0.05, 0) is 0 Å². The van der Waals surface area contributed by atoms with Gasteiger partial charge in [-0.25, -0.2) is 17.6 Å². The van der Waals surface area contributed by atoms with Crippen LogP contribution in [0, 0.1) is 23.3 Å². The normalized spacial score (nSPS) is 10.5. The van der Waals surface area contributed by atoms with E-state index in [1.165, 1.54) is 0 Å². The largest absolute Gasteiger partial charge is 0.202 e. The Hall–Kier alpha value is -0.360. The SMILES string of the molecule is Fc1c(F)c(F)c(S)c(S)c1F. The van der Waals surface area contributed by atoms with E-state index in [-0.39, 0.29) is 0 Å². The van der Waals surface area contributed by atoms with Crippen LogP contribution in [0.15, 0.2) is 9.79 Å². The van der Waals surface area contributed by atoms with Crippen LogP contribution in [0.4, 0.5) is 17.6 Å². The Morgan fingerprint density at radius 1 is 0.583 bits per heavy atom. The smallest absolute Gasteiger partial charge is 0.198 e. The monoisotopic (exact) mass is 214 g/mol. The summed E-state index contributed by atoms with van der Waals surface area (Å²) in [7, 11) is 0. The lowest BCUT2D eigenvalue weighted by Crippen LogP contribution is -1.98. The van der Waals surface area contributed by atoms with Gasteiger partial charge >= 0.3 is 0 Å². The van der Waals surface area contributed by atoms with Gasteiger partial charge in [-0.2, -0.15) is 0 Å². The first-order valence-electron chi connectivity index (χ1n) is 2.70. The second-order valence-corrected chi connectivity index (χ2v) is 2.85. The van der Waals surface area contributed by atoms with Gasteiger partial charge < -0.3 is 0 Å². The minimum Gasteiger partial charge on any atom is -0.202 e. The lowest BCUT2D eigenvalue weighted by Gasteiger charge is -2.03. The van der Waals surface area contributed by atoms with Crippen molar-refractivity contribution in [3.05, 3.63) is 23.3 Å². The summed E-state index contributed by atoms with van der Waals surface area (Å²) in [6.07, 6.45) is 0. The molecule has 0 atom stereocenters. The molecule has 66 valence electrons. The van der Waals surface area contributed by atoms with E-state index in [9.17, 15) is 17.6 Å². The summed E-state index contributed by atoms with van der Waals surface area (Å²) in [6, 6.07) is 0. The van der Waals surface area contributed by atoms with E-state index in [4.69, 9.17) is 0 Å². The number of hydrogen-bond acceptors (Lipinski definition) is 2. The van der Waals surface area contributed by atoms with E-state index in [2.05, 4.69) is 25.3 Å². The van der Waals surface area contributed by atoms with E-state index in [0.29, 0.717) is 0 Å². The van der Waals surface area contributed by atoms with Crippen molar-refractivity contribution in [2.75, 3.05) is 0 Å². The van der Waals surface area contributed by atoms with Gasteiger partial charge in [0.05, 0.1) is 9.79 Å². The molecule has 0 N–H and O–H groups in total. The first kappa shape index (κ1) is 9.73. The maximum absolute atomic E-state index is 12.5. The zero-order valence-corrected chi connectivity index (χ0v) is 7.20. The summed E-state index contributed by atoms with van der Waals surface area (Å²) in [5.74, 6) is -6.84. The minimum absolute atomic E-state index is 0.644. The summed E-state index contributed by atoms with van der Waals surface area (Å²) in [5.41, 5.74) is 0. The fraction of sp³-hybridized carbons (Fsp3) is 0. The fourth-order valence-corrected chi connectivity index (χ4v) is 1.00. The Kier molecular flexibility index (Phi) is 2.58. The third kappa shape index (κ3) is 1.29. The average Bonchev–Trinajstić information content (AvgIpc) is 2.08. The molecule has 1 aromatic carbocycles. The van der Waals surface area contributed by atoms with Gasteiger partial charge in [0.2, 0.25) is 0 Å². The van der Waals surface area contributed by atoms with Crippen LogP contribution >= 0.6 is 25.3 Å². The number of halogens is 4. The second kappa shape index (κ2) is 3.18. The van der Waals surface area contributed by atoms with Crippen molar-refractivity contribution >= 4 is 25.3 Å². The van der Waals surface area contributed by atoms with E-state index in [1.54, 1.807) is 0 Å². The molecule has 0 nitrogen and oxygen atoms in total. The molecule has 0 aromatic heterocycles. The van der Waals surface area contributed by atoms with Crippen molar-refractivity contribution in [1.82, 2.24) is 0 Å². The number of benzene rings is 1. The summed E-state index contributed by atoms with van der Waals surface area (Å²) in [5, 5.41) is 0. The predicted molar refractivity (Wildman–Crippen MR) is 40.8 cm³/mol. The molecule has 12 heavy (non-hydrogen) atoms. The molecule has 0 unspecified atom stereocenters. The Bertz CT molecular complexity index is 232. The summed E-state index contributed by atoms with van der Waals surface area (Å²) >= 11 is 6.80. The molecule has 6 heteroatoms. The van der Waals surface area contributed by atoms with E-state index in [1.807, 2.05) is 0 Å². The minimum atomic E-state index is -1.88. The fourth-order valence-electron chi connectivity index (χ4n) is 0.609. The van der Waals surface area contributed by atoms with Gasteiger partial charge in [-0.15, -0.1) is 25.3 Å². The molecule has 0 saturated carbocycles. The number of thiol groups is 2. The quantitative estimate of drug-likeness (QED) is 0.282. The Morgan fingerprint density at radius 2 is 0.833 bits per heavy atom. The molecule has 0 fully saturated rings. The van der Waals surface area contributed by atoms with Crippen molar-refractivity contribution in [1.29, 1.82) is 0 Å². The summed E-state index contributed by atoms with van der Waals surface area (Å²) in [4.78, 5) is -1.29. The van der Waals surface area contributed by atoms with Crippen molar-refractivity contribution in [3.8, 4) is 0 Å². The van der Waals surface area contributed by atoms with Crippen LogP contribution in [0.3, 0.4) is 0 Å². The molecule has 0 aliphatic carbocycles. The third-order valence-electron chi connectivity index (χ3n) is 1.22. The van der Waals surface area contributed by atoms with Crippen LogP contribution in [0.2, 0.25) is 0 Å². The second-order valence-electron chi connectivity index (χ2n) is 1.95. The van der Waals surface area contributed by atoms with Gasteiger partial charge in [-0.1, -0.05) is 0 Å². The van der Waals surface area contributed by atoms with Crippen molar-refractivity contribution in [3.63, 3.8) is 0 Å². The molecule has 0 radical (unpaired) electrons. The Labute approximate surface area is 76.4 Å². The molecule has 1 rings (SSSR count). The van der Waals surface area contributed by atoms with Gasteiger partial charge in [0.15, 0.2) is 23.3 Å². The lowest BCUT2D eigenvalue weighted by atomic mass is 10.3. The molecule has 0 heterocycles. The maximum atomic E-state index is 12.5. The van der Waals surface area contributed by atoms with Crippen LogP contribution in [-0.4, -0.2) is 0 Å². The molecular weight excluding hydrogens is 212 g/mol. The lowest BCUT2D eigenvalue weighted by molar-refractivity contribution is 0.385. The van der Waals surface area contributed by atoms with Gasteiger partial charge in [0.1, 0.15) is 0 Å². The van der Waals surface area contributed by atoms with Crippen molar-refractivity contribution in [2.24, 2.45) is 0 Å². The molecule has 0 bridgehead atoms. The number of hydrogen-bond donors (Lipinski definition) is 2. The highest BCUT2D eigenvalue weighted by Crippen LogP contribution is 2.28. The maximum Gasteiger partial charge on any atom is 0.198 e. The highest BCUT2D eigenvalue weighted by Gasteiger charge is 2.21. The average molecular weight is 214 g/mol. The molecular formula is C6H2F4S2. The summed E-state index contributed by atoms with van der Waals surface area (Å²) < 4.78 is 49.8. The molecule has 0 spiro atoms. The van der Waals surface area contributed by atoms with E-state index >= 15 is 0 Å². The standard InChI is InChI=1S/C6H2F4S2/c7-1-2(8)4(10)6(12)5(11)3(1)9/h11-12H. The first-order valence-corrected chi connectivity index (χ1v) is 3.60. The Morgan fingerprint density at radius 3 is 1.08 bits per heavy atom. The highest BCUT2D eigenvalue weighted by atomic mass is 32.1. The Balaban J connectivity index is 3.60. The topological polar surface area (TPSA) is 0 Å². The molecule has 0 saturated heterocycles. The molecule has 0 aliphatic rings. The predicted octanol–water partition coefficient (Wildman–Crippen LogP) is 2.82. The van der Waals surface area contributed by atoms with E-state index in [0.717, 1.165) is 0 Å². The zero-order chi connectivity index (χ0) is 9.46.